The summed E-state index contributed by atoms with van der Waals surface area (Å²) in [5, 5.41) is 9.73. The van der Waals surface area contributed by atoms with Gasteiger partial charge in [0.25, 0.3) is 0 Å². The first-order chi connectivity index (χ1) is 8.04. The van der Waals surface area contributed by atoms with Crippen LogP contribution >= 0.6 is 0 Å². The van der Waals surface area contributed by atoms with E-state index in [2.05, 4.69) is 30.7 Å². The van der Waals surface area contributed by atoms with Crippen molar-refractivity contribution in [1.82, 2.24) is 9.80 Å². The largest absolute Gasteiger partial charge is 0.395 e. The highest BCUT2D eigenvalue weighted by Gasteiger charge is 2.40. The van der Waals surface area contributed by atoms with Crippen LogP contribution in [0.15, 0.2) is 0 Å². The molecule has 0 aromatic heterocycles. The van der Waals surface area contributed by atoms with Crippen LogP contribution in [0.25, 0.3) is 0 Å². The molecule has 0 spiro atoms. The number of hydrogen-bond acceptors (Lipinski definition) is 3. The molecule has 0 radical (unpaired) electrons. The van der Waals surface area contributed by atoms with Gasteiger partial charge < -0.3 is 10.0 Å². The van der Waals surface area contributed by atoms with Crippen molar-refractivity contribution in [2.45, 2.75) is 63.6 Å². The molecule has 0 amide bonds. The van der Waals surface area contributed by atoms with E-state index in [1.807, 2.05) is 0 Å². The molecule has 100 valence electrons. The highest BCUT2D eigenvalue weighted by atomic mass is 16.3. The Kier molecular flexibility index (Phi) is 4.11. The first kappa shape index (κ1) is 13.3. The zero-order valence-electron chi connectivity index (χ0n) is 11.7. The minimum atomic E-state index is 0.229. The molecular weight excluding hydrogens is 212 g/mol. The summed E-state index contributed by atoms with van der Waals surface area (Å²) < 4.78 is 0. The molecule has 1 unspecified atom stereocenters. The van der Waals surface area contributed by atoms with Gasteiger partial charge >= 0.3 is 0 Å². The van der Waals surface area contributed by atoms with E-state index in [4.69, 9.17) is 0 Å². The summed E-state index contributed by atoms with van der Waals surface area (Å²) >= 11 is 0. The third-order valence-electron chi connectivity index (χ3n) is 4.65. The van der Waals surface area contributed by atoms with Crippen molar-refractivity contribution in [3.63, 3.8) is 0 Å². The molecule has 1 heterocycles. The van der Waals surface area contributed by atoms with E-state index in [-0.39, 0.29) is 5.54 Å². The summed E-state index contributed by atoms with van der Waals surface area (Å²) in [5.74, 6) is 0. The average Bonchev–Trinajstić information content (AvgIpc) is 2.75. The van der Waals surface area contributed by atoms with E-state index in [1.54, 1.807) is 0 Å². The highest BCUT2D eigenvalue weighted by Crippen LogP contribution is 2.34. The molecule has 3 heteroatoms. The molecule has 0 aromatic rings. The van der Waals surface area contributed by atoms with Gasteiger partial charge in [0.1, 0.15) is 0 Å². The van der Waals surface area contributed by atoms with E-state index in [1.165, 1.54) is 32.1 Å². The van der Waals surface area contributed by atoms with Gasteiger partial charge in [0.2, 0.25) is 0 Å². The number of hydrogen-bond donors (Lipinski definition) is 1. The topological polar surface area (TPSA) is 26.7 Å². The van der Waals surface area contributed by atoms with Crippen LogP contribution in [-0.4, -0.2) is 59.3 Å². The Hall–Kier alpha value is -0.120. The summed E-state index contributed by atoms with van der Waals surface area (Å²) in [6.07, 6.45) is 6.58. The molecule has 1 N–H and O–H groups in total. The normalized spacial score (nSPS) is 32.8. The maximum absolute atomic E-state index is 9.73. The smallest absolute Gasteiger partial charge is 0.0599 e. The molecule has 1 aliphatic carbocycles. The molecule has 1 saturated heterocycles. The van der Waals surface area contributed by atoms with E-state index >= 15 is 0 Å². The fourth-order valence-electron chi connectivity index (χ4n) is 3.75. The molecule has 2 rings (SSSR count). The number of rotatable bonds is 2. The third-order valence-corrected chi connectivity index (χ3v) is 4.65. The van der Waals surface area contributed by atoms with E-state index in [0.29, 0.717) is 18.7 Å². The molecule has 2 fully saturated rings. The Morgan fingerprint density at radius 1 is 1.24 bits per heavy atom. The van der Waals surface area contributed by atoms with E-state index in [0.717, 1.165) is 13.1 Å². The predicted molar refractivity (Wildman–Crippen MR) is 71.2 cm³/mol. The quantitative estimate of drug-likeness (QED) is 0.796. The first-order valence-electron chi connectivity index (χ1n) is 7.12. The second-order valence-corrected chi connectivity index (χ2v) is 6.51. The lowest BCUT2D eigenvalue weighted by atomic mass is 9.94. The Balaban J connectivity index is 2.19. The summed E-state index contributed by atoms with van der Waals surface area (Å²) in [5.41, 5.74) is 0.229. The number of aliphatic hydroxyl groups excluding tert-OH is 1. The maximum atomic E-state index is 9.73. The van der Waals surface area contributed by atoms with E-state index < -0.39 is 0 Å². The lowest BCUT2D eigenvalue weighted by molar-refractivity contribution is 0.00530. The van der Waals surface area contributed by atoms with Crippen LogP contribution in [0.4, 0.5) is 0 Å². The van der Waals surface area contributed by atoms with Gasteiger partial charge in [-0.1, -0.05) is 12.8 Å². The molecule has 17 heavy (non-hydrogen) atoms. The van der Waals surface area contributed by atoms with Crippen molar-refractivity contribution >= 4 is 0 Å². The van der Waals surface area contributed by atoms with Crippen molar-refractivity contribution in [3.05, 3.63) is 0 Å². The maximum Gasteiger partial charge on any atom is 0.0599 e. The average molecular weight is 240 g/mol. The van der Waals surface area contributed by atoms with Crippen molar-refractivity contribution < 1.29 is 5.11 Å². The first-order valence-corrected chi connectivity index (χ1v) is 7.12. The van der Waals surface area contributed by atoms with Crippen LogP contribution in [-0.2, 0) is 0 Å². The summed E-state index contributed by atoms with van der Waals surface area (Å²) in [6, 6.07) is 1.02. The lowest BCUT2D eigenvalue weighted by Crippen LogP contribution is -2.56. The number of likely N-dealkylation sites (N-methyl/N-ethyl adjacent to an activating group) is 1. The van der Waals surface area contributed by atoms with Gasteiger partial charge in [-0.15, -0.1) is 0 Å². The van der Waals surface area contributed by atoms with Crippen molar-refractivity contribution in [1.29, 1.82) is 0 Å². The van der Waals surface area contributed by atoms with Crippen molar-refractivity contribution in [2.24, 2.45) is 0 Å². The molecule has 3 nitrogen and oxygen atoms in total. The number of nitrogens with zero attached hydrogens (tertiary/aromatic N) is 2. The molecule has 1 atom stereocenters. The fraction of sp³-hybridized carbons (Fsp3) is 1.00. The van der Waals surface area contributed by atoms with Crippen LogP contribution in [0, 0.1) is 0 Å². The summed E-state index contributed by atoms with van der Waals surface area (Å²) in [7, 11) is 2.18. The predicted octanol–water partition coefficient (Wildman–Crippen LogP) is 1.71. The van der Waals surface area contributed by atoms with Crippen LogP contribution in [0.5, 0.6) is 0 Å². The standard InChI is InChI=1S/C14H28N2O/c1-14(2)8-9-15(3)10-13(11-17)16(14)12-6-4-5-7-12/h12-13,17H,4-11H2,1-3H3. The molecule has 2 aliphatic rings. The minimum Gasteiger partial charge on any atom is -0.395 e. The van der Waals surface area contributed by atoms with Crippen molar-refractivity contribution in [3.8, 4) is 0 Å². The van der Waals surface area contributed by atoms with Gasteiger partial charge in [0, 0.05) is 24.2 Å². The molecular formula is C14H28N2O. The second-order valence-electron chi connectivity index (χ2n) is 6.51. The Labute approximate surface area is 106 Å². The Bertz CT molecular complexity index is 249. The monoisotopic (exact) mass is 240 g/mol. The zero-order chi connectivity index (χ0) is 12.5. The molecule has 0 bridgehead atoms. The molecule has 0 aromatic carbocycles. The van der Waals surface area contributed by atoms with Gasteiger partial charge in [-0.3, -0.25) is 4.90 Å². The fourth-order valence-corrected chi connectivity index (χ4v) is 3.75. The van der Waals surface area contributed by atoms with Gasteiger partial charge in [-0.2, -0.15) is 0 Å². The van der Waals surface area contributed by atoms with Crippen molar-refractivity contribution in [2.75, 3.05) is 26.7 Å². The molecule has 1 aliphatic heterocycles. The zero-order valence-corrected chi connectivity index (χ0v) is 11.7. The lowest BCUT2D eigenvalue weighted by Gasteiger charge is -2.45. The van der Waals surface area contributed by atoms with E-state index in [9.17, 15) is 5.11 Å². The van der Waals surface area contributed by atoms with Gasteiger partial charge in [0.05, 0.1) is 6.61 Å². The highest BCUT2D eigenvalue weighted by molar-refractivity contribution is 4.96. The Morgan fingerprint density at radius 3 is 2.47 bits per heavy atom. The van der Waals surface area contributed by atoms with Gasteiger partial charge in [-0.25, -0.2) is 0 Å². The van der Waals surface area contributed by atoms with Gasteiger partial charge in [-0.05, 0) is 46.7 Å². The Morgan fingerprint density at radius 2 is 1.88 bits per heavy atom. The van der Waals surface area contributed by atoms with Crippen LogP contribution < -0.4 is 0 Å². The number of aliphatic hydroxyl groups is 1. The van der Waals surface area contributed by atoms with Crippen LogP contribution in [0.2, 0.25) is 0 Å². The third kappa shape index (κ3) is 2.83. The van der Waals surface area contributed by atoms with Crippen LogP contribution in [0.3, 0.4) is 0 Å². The SMILES string of the molecule is CN1CCC(C)(C)N(C2CCCC2)C(CO)C1. The minimum absolute atomic E-state index is 0.229. The summed E-state index contributed by atoms with van der Waals surface area (Å²) in [6.45, 7) is 7.16. The van der Waals surface area contributed by atoms with Crippen LogP contribution in [0.1, 0.15) is 46.0 Å². The van der Waals surface area contributed by atoms with Gasteiger partial charge in [0.15, 0.2) is 0 Å². The molecule has 1 saturated carbocycles. The second kappa shape index (κ2) is 5.25. The summed E-state index contributed by atoms with van der Waals surface area (Å²) in [4.78, 5) is 5.01.